The van der Waals surface area contributed by atoms with Gasteiger partial charge in [0.25, 0.3) is 0 Å². The monoisotopic (exact) mass is 386 g/mol. The lowest BCUT2D eigenvalue weighted by Crippen LogP contribution is -2.50. The Morgan fingerprint density at radius 1 is 1.04 bits per heavy atom. The zero-order chi connectivity index (χ0) is 19.9. The molecule has 7 atom stereocenters. The highest BCUT2D eigenvalue weighted by molar-refractivity contribution is 5.25. The van der Waals surface area contributed by atoms with Crippen molar-refractivity contribution in [1.82, 2.24) is 0 Å². The van der Waals surface area contributed by atoms with E-state index in [0.717, 1.165) is 29.6 Å². The van der Waals surface area contributed by atoms with Crippen LogP contribution in [0.2, 0.25) is 0 Å². The number of unbranched alkanes of at least 4 members (excludes halogenated alkanes) is 1. The SMILES string of the molecule is COC1CC[C@@]2(C)C(=CCC3C4CCC(CCCCC(C)C)[C@@]4(C)CCC32)C1. The molecule has 4 aliphatic carbocycles. The van der Waals surface area contributed by atoms with Crippen LogP contribution in [0.3, 0.4) is 0 Å². The topological polar surface area (TPSA) is 9.23 Å². The Labute approximate surface area is 175 Å². The molecule has 1 heteroatoms. The Balaban J connectivity index is 1.45. The largest absolute Gasteiger partial charge is 0.381 e. The molecule has 0 radical (unpaired) electrons. The molecule has 3 saturated carbocycles. The van der Waals surface area contributed by atoms with Crippen molar-refractivity contribution < 1.29 is 4.74 Å². The van der Waals surface area contributed by atoms with Crippen LogP contribution in [-0.4, -0.2) is 13.2 Å². The summed E-state index contributed by atoms with van der Waals surface area (Å²) >= 11 is 0. The van der Waals surface area contributed by atoms with Gasteiger partial charge in [-0.2, -0.15) is 0 Å². The molecule has 0 aliphatic heterocycles. The van der Waals surface area contributed by atoms with Gasteiger partial charge in [-0.25, -0.2) is 0 Å². The van der Waals surface area contributed by atoms with Crippen molar-refractivity contribution in [1.29, 1.82) is 0 Å². The van der Waals surface area contributed by atoms with Gasteiger partial charge in [0.2, 0.25) is 0 Å². The van der Waals surface area contributed by atoms with Crippen molar-refractivity contribution in [2.45, 2.75) is 111 Å². The van der Waals surface area contributed by atoms with E-state index in [0.29, 0.717) is 16.9 Å². The second-order valence-corrected chi connectivity index (χ2v) is 11.9. The molecular weight excluding hydrogens is 340 g/mol. The Kier molecular flexibility index (Phi) is 6.05. The number of ether oxygens (including phenoxy) is 1. The summed E-state index contributed by atoms with van der Waals surface area (Å²) in [6.07, 6.45) is 20.3. The highest BCUT2D eigenvalue weighted by atomic mass is 16.5. The van der Waals surface area contributed by atoms with Crippen molar-refractivity contribution in [3.63, 3.8) is 0 Å². The lowest BCUT2D eigenvalue weighted by molar-refractivity contribution is -0.0542. The van der Waals surface area contributed by atoms with Gasteiger partial charge in [0.1, 0.15) is 0 Å². The van der Waals surface area contributed by atoms with Crippen molar-refractivity contribution in [2.24, 2.45) is 40.4 Å². The molecule has 0 bridgehead atoms. The van der Waals surface area contributed by atoms with Gasteiger partial charge in [-0.3, -0.25) is 0 Å². The van der Waals surface area contributed by atoms with Crippen LogP contribution < -0.4 is 0 Å². The van der Waals surface area contributed by atoms with Gasteiger partial charge in [-0.15, -0.1) is 0 Å². The number of hydrogen-bond acceptors (Lipinski definition) is 1. The summed E-state index contributed by atoms with van der Waals surface area (Å²) < 4.78 is 5.74. The smallest absolute Gasteiger partial charge is 0.0608 e. The number of fused-ring (bicyclic) bond motifs is 5. The predicted molar refractivity (Wildman–Crippen MR) is 119 cm³/mol. The fraction of sp³-hybridized carbons (Fsp3) is 0.926. The van der Waals surface area contributed by atoms with Crippen LogP contribution in [0.4, 0.5) is 0 Å². The minimum absolute atomic E-state index is 0.478. The number of allylic oxidation sites excluding steroid dienone is 1. The first-order valence-electron chi connectivity index (χ1n) is 12.6. The highest BCUT2D eigenvalue weighted by Crippen LogP contribution is 2.66. The van der Waals surface area contributed by atoms with Crippen LogP contribution in [0.1, 0.15) is 105 Å². The van der Waals surface area contributed by atoms with Gasteiger partial charge >= 0.3 is 0 Å². The van der Waals surface area contributed by atoms with Crippen LogP contribution in [-0.2, 0) is 4.74 Å². The summed E-state index contributed by atoms with van der Waals surface area (Å²) in [6, 6.07) is 0. The minimum Gasteiger partial charge on any atom is -0.381 e. The van der Waals surface area contributed by atoms with Crippen molar-refractivity contribution in [3.8, 4) is 0 Å². The molecule has 0 aromatic carbocycles. The van der Waals surface area contributed by atoms with Crippen molar-refractivity contribution in [2.75, 3.05) is 7.11 Å². The number of methoxy groups -OCH3 is 1. The molecule has 4 aliphatic rings. The Morgan fingerprint density at radius 2 is 1.86 bits per heavy atom. The fourth-order valence-corrected chi connectivity index (χ4v) is 8.36. The molecule has 0 saturated heterocycles. The van der Waals surface area contributed by atoms with E-state index in [2.05, 4.69) is 33.8 Å². The highest BCUT2D eigenvalue weighted by Gasteiger charge is 2.58. The molecule has 0 aromatic heterocycles. The normalized spacial score (nSPS) is 45.4. The molecule has 0 N–H and O–H groups in total. The van der Waals surface area contributed by atoms with E-state index in [9.17, 15) is 0 Å². The Bertz CT molecular complexity index is 577. The third-order valence-corrected chi connectivity index (χ3v) is 10.2. The lowest BCUT2D eigenvalue weighted by atomic mass is 9.47. The average Bonchev–Trinajstić information content (AvgIpc) is 3.01. The molecule has 0 heterocycles. The van der Waals surface area contributed by atoms with Gasteiger partial charge in [-0.05, 0) is 98.2 Å². The van der Waals surface area contributed by atoms with Gasteiger partial charge < -0.3 is 4.74 Å². The molecule has 160 valence electrons. The molecule has 5 unspecified atom stereocenters. The minimum atomic E-state index is 0.478. The van der Waals surface area contributed by atoms with Crippen molar-refractivity contribution >= 4 is 0 Å². The zero-order valence-electron chi connectivity index (χ0n) is 19.4. The van der Waals surface area contributed by atoms with Crippen LogP contribution in [0.5, 0.6) is 0 Å². The number of rotatable bonds is 6. The zero-order valence-corrected chi connectivity index (χ0v) is 19.4. The predicted octanol–water partition coefficient (Wildman–Crippen LogP) is 7.80. The maximum atomic E-state index is 5.74. The molecule has 4 rings (SSSR count). The van der Waals surface area contributed by atoms with E-state index in [1.807, 2.05) is 7.11 Å². The molecule has 28 heavy (non-hydrogen) atoms. The summed E-state index contributed by atoms with van der Waals surface area (Å²) in [5.41, 5.74) is 2.89. The Morgan fingerprint density at radius 3 is 2.61 bits per heavy atom. The third-order valence-electron chi connectivity index (χ3n) is 10.2. The third kappa shape index (κ3) is 3.52. The lowest BCUT2D eigenvalue weighted by Gasteiger charge is -2.58. The van der Waals surface area contributed by atoms with Gasteiger partial charge in [0, 0.05) is 7.11 Å². The molecule has 3 fully saturated rings. The van der Waals surface area contributed by atoms with Crippen LogP contribution in [0, 0.1) is 40.4 Å². The molecule has 0 amide bonds. The van der Waals surface area contributed by atoms with Gasteiger partial charge in [0.05, 0.1) is 6.10 Å². The Hall–Kier alpha value is -0.300. The molecule has 0 spiro atoms. The van der Waals surface area contributed by atoms with E-state index < -0.39 is 0 Å². The first kappa shape index (κ1) is 21.0. The van der Waals surface area contributed by atoms with E-state index in [-0.39, 0.29) is 0 Å². The number of hydrogen-bond donors (Lipinski definition) is 0. The van der Waals surface area contributed by atoms with Crippen molar-refractivity contribution in [3.05, 3.63) is 11.6 Å². The average molecular weight is 387 g/mol. The first-order chi connectivity index (χ1) is 13.4. The summed E-state index contributed by atoms with van der Waals surface area (Å²) in [7, 11) is 1.91. The second kappa shape index (κ2) is 8.09. The van der Waals surface area contributed by atoms with Crippen LogP contribution in [0.25, 0.3) is 0 Å². The standard InChI is InChI=1S/C27H46O/c1-19(2)8-6-7-9-20-11-13-24-23-12-10-21-18-22(28-5)14-16-27(21,4)25(23)15-17-26(20,24)3/h10,19-20,22-25H,6-9,11-18H2,1-5H3/t20?,22?,23?,24?,25?,26-,27+/m1/s1. The van der Waals surface area contributed by atoms with E-state index in [4.69, 9.17) is 4.74 Å². The van der Waals surface area contributed by atoms with E-state index in [1.54, 1.807) is 5.57 Å². The summed E-state index contributed by atoms with van der Waals surface area (Å²) in [5, 5.41) is 0. The van der Waals surface area contributed by atoms with Gasteiger partial charge in [0.15, 0.2) is 0 Å². The molecule has 0 aromatic rings. The summed E-state index contributed by atoms with van der Waals surface area (Å²) in [5.74, 6) is 4.79. The van der Waals surface area contributed by atoms with Gasteiger partial charge in [-0.1, -0.05) is 58.6 Å². The maximum absolute atomic E-state index is 5.74. The second-order valence-electron chi connectivity index (χ2n) is 11.9. The van der Waals surface area contributed by atoms with Crippen LogP contribution >= 0.6 is 0 Å². The maximum Gasteiger partial charge on any atom is 0.0608 e. The fourth-order valence-electron chi connectivity index (χ4n) is 8.36. The summed E-state index contributed by atoms with van der Waals surface area (Å²) in [6.45, 7) is 10.1. The summed E-state index contributed by atoms with van der Waals surface area (Å²) in [4.78, 5) is 0. The quantitative estimate of drug-likeness (QED) is 0.334. The van der Waals surface area contributed by atoms with Crippen LogP contribution in [0.15, 0.2) is 11.6 Å². The molecular formula is C27H46O. The van der Waals surface area contributed by atoms with E-state index >= 15 is 0 Å². The first-order valence-corrected chi connectivity index (χ1v) is 12.6. The molecule has 1 nitrogen and oxygen atoms in total. The van der Waals surface area contributed by atoms with E-state index in [1.165, 1.54) is 77.0 Å².